The van der Waals surface area contributed by atoms with Crippen molar-refractivity contribution < 1.29 is 14.6 Å². The van der Waals surface area contributed by atoms with E-state index in [0.29, 0.717) is 0 Å². The van der Waals surface area contributed by atoms with Gasteiger partial charge in [-0.05, 0) is 0 Å². The van der Waals surface area contributed by atoms with E-state index in [2.05, 4.69) is 4.74 Å². The molecule has 0 unspecified atom stereocenters. The Morgan fingerprint density at radius 1 is 1.56 bits per heavy atom. The summed E-state index contributed by atoms with van der Waals surface area (Å²) in [7, 11) is 1.31. The molecule has 0 atom stereocenters. The van der Waals surface area contributed by atoms with Crippen LogP contribution < -0.4 is 0 Å². The molecule has 0 aromatic carbocycles. The van der Waals surface area contributed by atoms with Crippen LogP contribution in [0.4, 0.5) is 0 Å². The molecule has 0 heterocycles. The summed E-state index contributed by atoms with van der Waals surface area (Å²) in [6, 6.07) is 0. The Kier molecular flexibility index (Phi) is 4.82. The molecule has 0 aliphatic heterocycles. The fourth-order valence-corrected chi connectivity index (χ4v) is 0.331. The van der Waals surface area contributed by atoms with Crippen LogP contribution in [-0.2, 0) is 14.6 Å². The van der Waals surface area contributed by atoms with E-state index < -0.39 is 0 Å². The molecule has 51 valence electrons. The summed E-state index contributed by atoms with van der Waals surface area (Å²) in [4.78, 5) is 10.3. The van der Waals surface area contributed by atoms with Crippen LogP contribution in [0.2, 0.25) is 0 Å². The maximum Gasteiger partial charge on any atom is 0.309 e. The van der Waals surface area contributed by atoms with Gasteiger partial charge in [-0.3, -0.25) is 4.79 Å². The minimum Gasteiger partial charge on any atom is -0.469 e. The summed E-state index contributed by atoms with van der Waals surface area (Å²) >= 11 is 0. The lowest BCUT2D eigenvalue weighted by Gasteiger charge is -1.89. The van der Waals surface area contributed by atoms with E-state index in [-0.39, 0.29) is 19.0 Å². The second kappa shape index (κ2) is 5.31. The van der Waals surface area contributed by atoms with Crippen molar-refractivity contribution >= 4 is 5.97 Å². The molecular weight excluding hydrogens is 120 g/mol. The highest BCUT2D eigenvalue weighted by Gasteiger charge is 1.91. The van der Waals surface area contributed by atoms with E-state index in [9.17, 15) is 9.90 Å². The molecule has 0 spiro atoms. The molecular formula is C6H9O3. The number of hydrogen-bond acceptors (Lipinski definition) is 2. The number of hydrogen-bond donors (Lipinski definition) is 0. The van der Waals surface area contributed by atoms with Gasteiger partial charge < -0.3 is 4.74 Å². The van der Waals surface area contributed by atoms with Crippen LogP contribution >= 0.6 is 0 Å². The Balaban J connectivity index is 3.26. The van der Waals surface area contributed by atoms with Crippen LogP contribution in [0.5, 0.6) is 0 Å². The molecule has 1 radical (unpaired) electrons. The van der Waals surface area contributed by atoms with Gasteiger partial charge in [-0.1, -0.05) is 12.2 Å². The van der Waals surface area contributed by atoms with Crippen LogP contribution in [0.1, 0.15) is 6.42 Å². The first-order chi connectivity index (χ1) is 4.31. The SMILES string of the molecule is COC(=O)CC=CC[O]. The molecule has 0 N–H and O–H groups in total. The summed E-state index contributed by atoms with van der Waals surface area (Å²) in [5.41, 5.74) is 0. The molecule has 0 aromatic heterocycles. The molecule has 0 amide bonds. The Bertz CT molecular complexity index is 107. The highest BCUT2D eigenvalue weighted by atomic mass is 16.5. The van der Waals surface area contributed by atoms with Crippen molar-refractivity contribution in [1.29, 1.82) is 0 Å². The molecule has 9 heavy (non-hydrogen) atoms. The molecule has 0 bridgehead atoms. The van der Waals surface area contributed by atoms with Gasteiger partial charge >= 0.3 is 5.97 Å². The number of ether oxygens (including phenoxy) is 1. The zero-order chi connectivity index (χ0) is 7.11. The zero-order valence-corrected chi connectivity index (χ0v) is 5.29. The summed E-state index contributed by atoms with van der Waals surface area (Å²) in [5, 5.41) is 9.76. The predicted molar refractivity (Wildman–Crippen MR) is 31.3 cm³/mol. The molecule has 0 aliphatic carbocycles. The molecule has 3 nitrogen and oxygen atoms in total. The summed E-state index contributed by atoms with van der Waals surface area (Å²) in [5.74, 6) is -0.320. The lowest BCUT2D eigenvalue weighted by atomic mass is 10.4. The van der Waals surface area contributed by atoms with E-state index in [1.807, 2.05) is 0 Å². The fraction of sp³-hybridized carbons (Fsp3) is 0.500. The van der Waals surface area contributed by atoms with Gasteiger partial charge in [-0.15, -0.1) is 0 Å². The van der Waals surface area contributed by atoms with Crippen LogP contribution in [0.3, 0.4) is 0 Å². The fourth-order valence-electron chi connectivity index (χ4n) is 0.331. The van der Waals surface area contributed by atoms with Crippen molar-refractivity contribution in [3.8, 4) is 0 Å². The number of carbonyl (C=O) groups is 1. The first-order valence-electron chi connectivity index (χ1n) is 2.61. The first-order valence-corrected chi connectivity index (χ1v) is 2.61. The van der Waals surface area contributed by atoms with Crippen LogP contribution in [-0.4, -0.2) is 19.7 Å². The molecule has 0 rings (SSSR count). The molecule has 0 saturated carbocycles. The van der Waals surface area contributed by atoms with E-state index in [4.69, 9.17) is 0 Å². The average molecular weight is 129 g/mol. The van der Waals surface area contributed by atoms with E-state index in [0.717, 1.165) is 0 Å². The van der Waals surface area contributed by atoms with Crippen LogP contribution in [0.15, 0.2) is 12.2 Å². The highest BCUT2D eigenvalue weighted by molar-refractivity contribution is 5.70. The maximum absolute atomic E-state index is 10.3. The van der Waals surface area contributed by atoms with Crippen LogP contribution in [0, 0.1) is 0 Å². The lowest BCUT2D eigenvalue weighted by molar-refractivity contribution is -0.139. The Labute approximate surface area is 53.9 Å². The molecule has 3 heteroatoms. The van der Waals surface area contributed by atoms with Crippen molar-refractivity contribution in [3.05, 3.63) is 12.2 Å². The third-order valence-electron chi connectivity index (χ3n) is 0.775. The van der Waals surface area contributed by atoms with Crippen LogP contribution in [0.25, 0.3) is 0 Å². The average Bonchev–Trinajstić information content (AvgIpc) is 1.89. The maximum atomic E-state index is 10.3. The first kappa shape index (κ1) is 8.17. The minimum absolute atomic E-state index is 0.193. The number of esters is 1. The van der Waals surface area contributed by atoms with Crippen molar-refractivity contribution in [2.45, 2.75) is 6.42 Å². The number of rotatable bonds is 3. The monoisotopic (exact) mass is 129 g/mol. The standard InChI is InChI=1S/C6H9O3/c1-9-6(8)4-2-3-5-7/h2-3H,4-5H2,1H3. The molecule has 0 aromatic rings. The zero-order valence-electron chi connectivity index (χ0n) is 5.29. The van der Waals surface area contributed by atoms with Gasteiger partial charge in [0.15, 0.2) is 0 Å². The van der Waals surface area contributed by atoms with E-state index in [1.165, 1.54) is 19.3 Å². The third kappa shape index (κ3) is 5.03. The largest absolute Gasteiger partial charge is 0.469 e. The Morgan fingerprint density at radius 2 is 2.22 bits per heavy atom. The van der Waals surface area contributed by atoms with Gasteiger partial charge in [0.2, 0.25) is 0 Å². The predicted octanol–water partition coefficient (Wildman–Crippen LogP) is 0.536. The van der Waals surface area contributed by atoms with Gasteiger partial charge in [0, 0.05) is 0 Å². The smallest absolute Gasteiger partial charge is 0.309 e. The summed E-state index contributed by atoms with van der Waals surface area (Å²) in [6.07, 6.45) is 3.08. The lowest BCUT2D eigenvalue weighted by Crippen LogP contribution is -1.96. The quantitative estimate of drug-likeness (QED) is 0.412. The van der Waals surface area contributed by atoms with E-state index >= 15 is 0 Å². The molecule has 0 fully saturated rings. The van der Waals surface area contributed by atoms with Crippen molar-refractivity contribution in [3.63, 3.8) is 0 Å². The molecule has 0 saturated heterocycles. The van der Waals surface area contributed by atoms with Crippen molar-refractivity contribution in [1.82, 2.24) is 0 Å². The Morgan fingerprint density at radius 3 is 2.67 bits per heavy atom. The number of carbonyl (C=O) groups excluding carboxylic acids is 1. The minimum atomic E-state index is -0.320. The summed E-state index contributed by atoms with van der Waals surface area (Å²) in [6.45, 7) is -0.281. The molecule has 0 aliphatic rings. The third-order valence-corrected chi connectivity index (χ3v) is 0.775. The van der Waals surface area contributed by atoms with Crippen molar-refractivity contribution in [2.75, 3.05) is 13.7 Å². The topological polar surface area (TPSA) is 46.2 Å². The Hall–Kier alpha value is -0.830. The van der Waals surface area contributed by atoms with Gasteiger partial charge in [-0.2, -0.15) is 0 Å². The number of methoxy groups -OCH3 is 1. The normalized spacial score (nSPS) is 10.0. The highest BCUT2D eigenvalue weighted by Crippen LogP contribution is 1.84. The second-order valence-corrected chi connectivity index (χ2v) is 1.42. The van der Waals surface area contributed by atoms with E-state index in [1.54, 1.807) is 0 Å². The van der Waals surface area contributed by atoms with Gasteiger partial charge in [0.1, 0.15) is 6.61 Å². The van der Waals surface area contributed by atoms with Gasteiger partial charge in [-0.25, -0.2) is 5.11 Å². The van der Waals surface area contributed by atoms with Gasteiger partial charge in [0.05, 0.1) is 13.5 Å². The van der Waals surface area contributed by atoms with Gasteiger partial charge in [0.25, 0.3) is 0 Å². The summed E-state index contributed by atoms with van der Waals surface area (Å²) < 4.78 is 4.30. The van der Waals surface area contributed by atoms with Crippen molar-refractivity contribution in [2.24, 2.45) is 0 Å². The second-order valence-electron chi connectivity index (χ2n) is 1.42.